The van der Waals surface area contributed by atoms with Crippen LogP contribution in [0.2, 0.25) is 0 Å². The molecule has 3 unspecified atom stereocenters. The van der Waals surface area contributed by atoms with Crippen LogP contribution in [0.3, 0.4) is 0 Å². The quantitative estimate of drug-likeness (QED) is 0.400. The van der Waals surface area contributed by atoms with Gasteiger partial charge in [0, 0.05) is 62.9 Å². The molecular formula is C30H36F3N2O6S+. The lowest BCUT2D eigenvalue weighted by Crippen LogP contribution is -2.60. The van der Waals surface area contributed by atoms with Gasteiger partial charge in [-0.1, -0.05) is 48.5 Å². The maximum Gasteiger partial charge on any atom is 0.430 e. The average molecular weight is 610 g/mol. The molecular weight excluding hydrogens is 573 g/mol. The Labute approximate surface area is 243 Å². The van der Waals surface area contributed by atoms with Crippen molar-refractivity contribution in [2.24, 2.45) is 5.41 Å². The van der Waals surface area contributed by atoms with Gasteiger partial charge in [-0.25, -0.2) is 0 Å². The van der Waals surface area contributed by atoms with E-state index in [0.717, 1.165) is 12.7 Å². The van der Waals surface area contributed by atoms with Crippen LogP contribution in [0.4, 0.5) is 13.2 Å². The second kappa shape index (κ2) is 11.5. The fraction of sp³-hybridized carbons (Fsp3) is 0.500. The van der Waals surface area contributed by atoms with Crippen molar-refractivity contribution in [3.8, 4) is 5.75 Å². The van der Waals surface area contributed by atoms with Crippen LogP contribution in [-0.2, 0) is 29.7 Å². The first-order chi connectivity index (χ1) is 19.9. The van der Waals surface area contributed by atoms with Gasteiger partial charge < -0.3 is 24.2 Å². The van der Waals surface area contributed by atoms with E-state index < -0.39 is 32.9 Å². The average Bonchev–Trinajstić information content (AvgIpc) is 2.96. The van der Waals surface area contributed by atoms with Crippen LogP contribution >= 0.6 is 0 Å². The van der Waals surface area contributed by atoms with Crippen LogP contribution in [0.25, 0.3) is 0 Å². The summed E-state index contributed by atoms with van der Waals surface area (Å²) in [4.78, 5) is 27.5. The fourth-order valence-corrected chi connectivity index (χ4v) is 7.92. The molecule has 0 aliphatic carbocycles. The number of benzene rings is 2. The molecule has 2 aromatic carbocycles. The summed E-state index contributed by atoms with van der Waals surface area (Å²) in [7, 11) is -1.79. The first kappa shape index (κ1) is 30.4. The molecule has 8 nitrogen and oxygen atoms in total. The zero-order valence-electron chi connectivity index (χ0n) is 23.3. The predicted octanol–water partition coefficient (Wildman–Crippen LogP) is 3.27. The third-order valence-corrected chi connectivity index (χ3v) is 10.5. The standard InChI is InChI=1S/C30H35F3N2O6S/c1-40-29(30(31,32)33,21-7-3-2-4-8-21)27(37)35-15-13-28(14-16-35)19-26(36)34-20-24(28)23-9-5-6-10-25(23)41-22-11-17-42(38,39)18-12-22/h2-10,17,22,24H,11-16,18-20H2,1H3,(H,34,36)(H,38,39)/p+1/t22?,24?,29-/m1/s1. The second-order valence-electron chi connectivity index (χ2n) is 11.3. The van der Waals surface area contributed by atoms with Crippen LogP contribution in [0, 0.1) is 5.41 Å². The first-order valence-corrected chi connectivity index (χ1v) is 15.8. The van der Waals surface area contributed by atoms with Crippen molar-refractivity contribution in [2.45, 2.75) is 55.9 Å². The summed E-state index contributed by atoms with van der Waals surface area (Å²) in [6.07, 6.45) is -3.52. The molecule has 0 radical (unpaired) electrons. The molecule has 2 saturated heterocycles. The normalized spacial score (nSPS) is 27.5. The summed E-state index contributed by atoms with van der Waals surface area (Å²) in [5, 5.41) is 4.45. The van der Waals surface area contributed by atoms with E-state index >= 15 is 0 Å². The van der Waals surface area contributed by atoms with Crippen LogP contribution in [0.5, 0.6) is 5.75 Å². The topological polar surface area (TPSA) is 108 Å². The molecule has 0 bridgehead atoms. The Hall–Kier alpha value is -3.09. The summed E-state index contributed by atoms with van der Waals surface area (Å²) < 4.78 is 74.9. The zero-order valence-corrected chi connectivity index (χ0v) is 24.1. The number of piperidine rings is 2. The summed E-state index contributed by atoms with van der Waals surface area (Å²) in [6.45, 7) is 0.406. The molecule has 3 aliphatic heterocycles. The van der Waals surface area contributed by atoms with Crippen LogP contribution in [0.1, 0.15) is 49.1 Å². The predicted molar refractivity (Wildman–Crippen MR) is 153 cm³/mol. The van der Waals surface area contributed by atoms with E-state index in [1.807, 2.05) is 24.3 Å². The van der Waals surface area contributed by atoms with Crippen molar-refractivity contribution in [1.29, 1.82) is 0 Å². The minimum absolute atomic E-state index is 0.0368. The summed E-state index contributed by atoms with van der Waals surface area (Å²) in [5.41, 5.74) is -3.14. The van der Waals surface area contributed by atoms with Gasteiger partial charge in [-0.15, -0.1) is 0 Å². The fourth-order valence-electron chi connectivity index (χ4n) is 6.62. The van der Waals surface area contributed by atoms with Gasteiger partial charge in [0.1, 0.15) is 11.9 Å². The number of carbonyl (C=O) groups excluding carboxylic acids is 2. The third kappa shape index (κ3) is 5.63. The van der Waals surface area contributed by atoms with E-state index in [4.69, 9.17) is 14.0 Å². The van der Waals surface area contributed by atoms with E-state index in [0.29, 0.717) is 38.0 Å². The van der Waals surface area contributed by atoms with Gasteiger partial charge in [0.25, 0.3) is 11.5 Å². The summed E-state index contributed by atoms with van der Waals surface area (Å²) in [5.74, 6) is -0.633. The molecule has 4 atom stereocenters. The molecule has 3 aliphatic rings. The number of hydrogen-bond donors (Lipinski definition) is 1. The van der Waals surface area contributed by atoms with Crippen molar-refractivity contribution in [3.05, 3.63) is 65.7 Å². The number of carbonyl (C=O) groups is 2. The van der Waals surface area contributed by atoms with E-state index in [1.165, 1.54) is 34.5 Å². The lowest BCUT2D eigenvalue weighted by atomic mass is 9.62. The molecule has 2 fully saturated rings. The maximum atomic E-state index is 14.6. The highest BCUT2D eigenvalue weighted by Crippen LogP contribution is 2.52. The van der Waals surface area contributed by atoms with E-state index in [2.05, 4.69) is 5.32 Å². The molecule has 42 heavy (non-hydrogen) atoms. The van der Waals surface area contributed by atoms with Crippen molar-refractivity contribution in [3.63, 3.8) is 0 Å². The molecule has 5 rings (SSSR count). The van der Waals surface area contributed by atoms with Crippen molar-refractivity contribution in [1.82, 2.24) is 10.2 Å². The maximum absolute atomic E-state index is 14.6. The highest BCUT2D eigenvalue weighted by Gasteiger charge is 2.64. The number of hydrogen-bond acceptors (Lipinski definition) is 5. The van der Waals surface area contributed by atoms with Crippen LogP contribution in [-0.4, -0.2) is 75.6 Å². The number of halogens is 3. The Balaban J connectivity index is 1.40. The molecule has 2 amide bonds. The Kier molecular flexibility index (Phi) is 8.34. The number of alkyl halides is 3. The Morgan fingerprint density at radius 1 is 1.10 bits per heavy atom. The lowest BCUT2D eigenvalue weighted by molar-refractivity contribution is -0.271. The molecule has 0 aromatic heterocycles. The van der Waals surface area contributed by atoms with Crippen LogP contribution < -0.4 is 10.1 Å². The second-order valence-corrected chi connectivity index (χ2v) is 13.5. The van der Waals surface area contributed by atoms with E-state index in [-0.39, 0.29) is 48.8 Å². The monoisotopic (exact) mass is 609 g/mol. The first-order valence-electron chi connectivity index (χ1n) is 14.0. The molecule has 1 spiro atoms. The Morgan fingerprint density at radius 3 is 2.38 bits per heavy atom. The van der Waals surface area contributed by atoms with Crippen molar-refractivity contribution in [2.75, 3.05) is 32.5 Å². The molecule has 12 heteroatoms. The zero-order chi connectivity index (χ0) is 30.2. The minimum atomic E-state index is -5.00. The number of ether oxygens (including phenoxy) is 2. The summed E-state index contributed by atoms with van der Waals surface area (Å²) >= 11 is 0. The number of nitrogens with one attached hydrogen (secondary N) is 1. The molecule has 0 saturated carbocycles. The minimum Gasteiger partial charge on any atom is -0.490 e. The highest BCUT2D eigenvalue weighted by atomic mass is 32.2. The lowest BCUT2D eigenvalue weighted by Gasteiger charge is -2.50. The number of para-hydroxylation sites is 1. The van der Waals surface area contributed by atoms with Gasteiger partial charge in [-0.2, -0.15) is 17.4 Å². The van der Waals surface area contributed by atoms with Gasteiger partial charge in [-0.3, -0.25) is 9.59 Å². The van der Waals surface area contributed by atoms with E-state index in [1.54, 1.807) is 6.07 Å². The van der Waals surface area contributed by atoms with Crippen molar-refractivity contribution >= 4 is 27.0 Å². The number of rotatable bonds is 6. The van der Waals surface area contributed by atoms with Gasteiger partial charge in [0.05, 0.1) is 5.75 Å². The largest absolute Gasteiger partial charge is 0.490 e. The molecule has 3 heterocycles. The molecule has 228 valence electrons. The van der Waals surface area contributed by atoms with Gasteiger partial charge in [0.15, 0.2) is 9.80 Å². The molecule has 2 aromatic rings. The van der Waals surface area contributed by atoms with Crippen molar-refractivity contribution < 1.29 is 41.0 Å². The number of nitrogens with zero attached hydrogens (tertiary/aromatic N) is 1. The highest BCUT2D eigenvalue weighted by molar-refractivity contribution is 7.96. The van der Waals surface area contributed by atoms with Crippen LogP contribution in [0.15, 0.2) is 54.6 Å². The smallest absolute Gasteiger partial charge is 0.430 e. The number of likely N-dealkylation sites (tertiary alicyclic amines) is 1. The SMILES string of the molecule is CO[C@@](C(=O)N1CCC2(CC1)CC(=O)NCC2c1ccccc1OC1CC=S(=O)([OH2+])CC1)(c1ccccc1)C(F)(F)F. The van der Waals surface area contributed by atoms with Gasteiger partial charge in [0.2, 0.25) is 5.91 Å². The summed E-state index contributed by atoms with van der Waals surface area (Å²) in [6, 6.07) is 14.4. The third-order valence-electron chi connectivity index (χ3n) is 8.95. The van der Waals surface area contributed by atoms with Gasteiger partial charge >= 0.3 is 6.18 Å². The Morgan fingerprint density at radius 2 is 1.76 bits per heavy atom. The van der Waals surface area contributed by atoms with Gasteiger partial charge in [-0.05, 0) is 29.9 Å². The molecule has 3 N–H and O–H groups in total. The Bertz CT molecular complexity index is 1430. The number of methoxy groups -OCH3 is 1. The van der Waals surface area contributed by atoms with E-state index in [9.17, 15) is 27.0 Å². The number of amides is 2.